The first-order chi connectivity index (χ1) is 9.06. The van der Waals surface area contributed by atoms with Crippen molar-refractivity contribution < 1.29 is 19.4 Å². The number of carbonyl (C=O) groups is 1. The minimum Gasteiger partial charge on any atom is -0.493 e. The van der Waals surface area contributed by atoms with Gasteiger partial charge >= 0.3 is 5.97 Å². The van der Waals surface area contributed by atoms with Gasteiger partial charge in [-0.2, -0.15) is 0 Å². The van der Waals surface area contributed by atoms with Crippen molar-refractivity contribution in [2.24, 2.45) is 0 Å². The van der Waals surface area contributed by atoms with E-state index in [9.17, 15) is 9.90 Å². The van der Waals surface area contributed by atoms with Gasteiger partial charge in [0.1, 0.15) is 6.10 Å². The molecule has 3 rings (SSSR count). The Bertz CT molecular complexity index is 531. The van der Waals surface area contributed by atoms with E-state index in [4.69, 9.17) is 9.47 Å². The summed E-state index contributed by atoms with van der Waals surface area (Å²) in [6.45, 7) is 2.01. The van der Waals surface area contributed by atoms with Gasteiger partial charge in [0.2, 0.25) is 0 Å². The summed E-state index contributed by atoms with van der Waals surface area (Å²) < 4.78 is 11.1. The highest BCUT2D eigenvalue weighted by molar-refractivity contribution is 5.83. The van der Waals surface area contributed by atoms with Gasteiger partial charge in [-0.3, -0.25) is 4.79 Å². The lowest BCUT2D eigenvalue weighted by atomic mass is 9.64. The van der Waals surface area contributed by atoms with Gasteiger partial charge in [-0.25, -0.2) is 0 Å². The van der Waals surface area contributed by atoms with Crippen LogP contribution in [0.15, 0.2) is 12.1 Å². The van der Waals surface area contributed by atoms with Crippen LogP contribution >= 0.6 is 0 Å². The molecule has 0 radical (unpaired) electrons. The van der Waals surface area contributed by atoms with Gasteiger partial charge in [-0.05, 0) is 31.4 Å². The SMILES string of the molecule is COc1cc(C2(C(=O)O)CCC2)cc2c1OC(C)C2. The summed E-state index contributed by atoms with van der Waals surface area (Å²) in [5, 5.41) is 9.53. The molecule has 0 bridgehead atoms. The molecule has 0 spiro atoms. The van der Waals surface area contributed by atoms with Crippen molar-refractivity contribution >= 4 is 5.97 Å². The van der Waals surface area contributed by atoms with E-state index in [-0.39, 0.29) is 6.10 Å². The van der Waals surface area contributed by atoms with E-state index >= 15 is 0 Å². The highest BCUT2D eigenvalue weighted by atomic mass is 16.5. The smallest absolute Gasteiger partial charge is 0.314 e. The summed E-state index contributed by atoms with van der Waals surface area (Å²) in [6.07, 6.45) is 3.33. The number of ether oxygens (including phenoxy) is 2. The number of rotatable bonds is 3. The van der Waals surface area contributed by atoms with Crippen molar-refractivity contribution in [3.8, 4) is 11.5 Å². The maximum Gasteiger partial charge on any atom is 0.314 e. The van der Waals surface area contributed by atoms with Crippen molar-refractivity contribution in [1.29, 1.82) is 0 Å². The second-order valence-corrected chi connectivity index (χ2v) is 5.54. The second-order valence-electron chi connectivity index (χ2n) is 5.54. The Kier molecular flexibility index (Phi) is 2.69. The van der Waals surface area contributed by atoms with Gasteiger partial charge in [0, 0.05) is 12.0 Å². The molecule has 0 amide bonds. The minimum absolute atomic E-state index is 0.126. The quantitative estimate of drug-likeness (QED) is 0.909. The first-order valence-electron chi connectivity index (χ1n) is 6.68. The van der Waals surface area contributed by atoms with Crippen LogP contribution < -0.4 is 9.47 Å². The highest BCUT2D eigenvalue weighted by Gasteiger charge is 2.46. The third-order valence-electron chi connectivity index (χ3n) is 4.35. The number of hydrogen-bond acceptors (Lipinski definition) is 3. The molecule has 1 fully saturated rings. The average Bonchev–Trinajstić information content (AvgIpc) is 2.66. The van der Waals surface area contributed by atoms with Gasteiger partial charge < -0.3 is 14.6 Å². The molecule has 1 N–H and O–H groups in total. The van der Waals surface area contributed by atoms with Crippen LogP contribution in [-0.2, 0) is 16.6 Å². The lowest BCUT2D eigenvalue weighted by Gasteiger charge is -2.38. The van der Waals surface area contributed by atoms with Crippen LogP contribution in [0.4, 0.5) is 0 Å². The van der Waals surface area contributed by atoms with E-state index in [0.29, 0.717) is 18.6 Å². The molecule has 1 aromatic rings. The van der Waals surface area contributed by atoms with Crippen LogP contribution in [0, 0.1) is 0 Å². The van der Waals surface area contributed by atoms with Crippen LogP contribution in [-0.4, -0.2) is 24.3 Å². The van der Waals surface area contributed by atoms with Crippen LogP contribution in [0.2, 0.25) is 0 Å². The molecule has 102 valence electrons. The summed E-state index contributed by atoms with van der Waals surface area (Å²) >= 11 is 0. The van der Waals surface area contributed by atoms with Crippen molar-refractivity contribution in [1.82, 2.24) is 0 Å². The van der Waals surface area contributed by atoms with E-state index in [2.05, 4.69) is 0 Å². The minimum atomic E-state index is -0.729. The molecule has 19 heavy (non-hydrogen) atoms. The zero-order valence-electron chi connectivity index (χ0n) is 11.2. The van der Waals surface area contributed by atoms with Crippen LogP contribution in [0.25, 0.3) is 0 Å². The van der Waals surface area contributed by atoms with E-state index in [1.165, 1.54) is 0 Å². The zero-order chi connectivity index (χ0) is 13.6. The molecular weight excluding hydrogens is 244 g/mol. The molecule has 1 unspecified atom stereocenters. The maximum absolute atomic E-state index is 11.6. The fraction of sp³-hybridized carbons (Fsp3) is 0.533. The molecule has 1 heterocycles. The molecule has 1 aromatic carbocycles. The van der Waals surface area contributed by atoms with Gasteiger partial charge in [-0.1, -0.05) is 12.5 Å². The van der Waals surface area contributed by atoms with Crippen molar-refractivity contribution in [3.05, 3.63) is 23.3 Å². The maximum atomic E-state index is 11.6. The van der Waals surface area contributed by atoms with E-state index in [1.54, 1.807) is 7.11 Å². The van der Waals surface area contributed by atoms with Crippen molar-refractivity contribution in [3.63, 3.8) is 0 Å². The number of carboxylic acid groups (broad SMARTS) is 1. The number of methoxy groups -OCH3 is 1. The monoisotopic (exact) mass is 262 g/mol. The van der Waals surface area contributed by atoms with Crippen molar-refractivity contribution in [2.45, 2.75) is 44.1 Å². The Morgan fingerprint density at radius 2 is 2.21 bits per heavy atom. The van der Waals surface area contributed by atoms with Gasteiger partial charge in [-0.15, -0.1) is 0 Å². The molecule has 4 heteroatoms. The average molecular weight is 262 g/mol. The zero-order valence-corrected chi connectivity index (χ0v) is 11.2. The molecule has 1 aliphatic carbocycles. The Hall–Kier alpha value is -1.71. The summed E-state index contributed by atoms with van der Waals surface area (Å²) in [5.41, 5.74) is 1.21. The van der Waals surface area contributed by atoms with Crippen LogP contribution in [0.3, 0.4) is 0 Å². The summed E-state index contributed by atoms with van der Waals surface area (Å²) in [5.74, 6) is 0.704. The molecule has 1 atom stereocenters. The Morgan fingerprint density at radius 3 is 2.74 bits per heavy atom. The summed E-state index contributed by atoms with van der Waals surface area (Å²) in [7, 11) is 1.60. The van der Waals surface area contributed by atoms with Crippen LogP contribution in [0.5, 0.6) is 11.5 Å². The molecule has 0 saturated heterocycles. The van der Waals surface area contributed by atoms with Crippen LogP contribution in [0.1, 0.15) is 37.3 Å². The van der Waals surface area contributed by atoms with Gasteiger partial charge in [0.25, 0.3) is 0 Å². The number of aliphatic carboxylic acids is 1. The second kappa shape index (κ2) is 4.15. The molecule has 1 aliphatic heterocycles. The molecule has 2 aliphatic rings. The van der Waals surface area contributed by atoms with Gasteiger partial charge in [0.05, 0.1) is 12.5 Å². The predicted octanol–water partition coefficient (Wildman–Crippen LogP) is 2.52. The predicted molar refractivity (Wildman–Crippen MR) is 70.0 cm³/mol. The number of fused-ring (bicyclic) bond motifs is 1. The fourth-order valence-electron chi connectivity index (χ4n) is 3.08. The largest absolute Gasteiger partial charge is 0.493 e. The Labute approximate surface area is 112 Å². The summed E-state index contributed by atoms with van der Waals surface area (Å²) in [6, 6.07) is 3.83. The molecular formula is C15H18O4. The lowest BCUT2D eigenvalue weighted by molar-refractivity contribution is -0.147. The van der Waals surface area contributed by atoms with E-state index in [0.717, 1.165) is 29.7 Å². The van der Waals surface area contributed by atoms with Crippen molar-refractivity contribution in [2.75, 3.05) is 7.11 Å². The highest BCUT2D eigenvalue weighted by Crippen LogP contribution is 2.48. The first kappa shape index (κ1) is 12.3. The fourth-order valence-corrected chi connectivity index (χ4v) is 3.08. The topological polar surface area (TPSA) is 55.8 Å². The number of benzene rings is 1. The van der Waals surface area contributed by atoms with E-state index in [1.807, 2.05) is 19.1 Å². The van der Waals surface area contributed by atoms with E-state index < -0.39 is 11.4 Å². The third kappa shape index (κ3) is 1.70. The molecule has 4 nitrogen and oxygen atoms in total. The standard InChI is InChI=1S/C15H18O4/c1-9-6-10-7-11(8-12(18-2)13(10)19-9)15(14(16)17)4-3-5-15/h7-9H,3-6H2,1-2H3,(H,16,17). The Balaban J connectivity index is 2.09. The number of carboxylic acids is 1. The molecule has 1 saturated carbocycles. The first-order valence-corrected chi connectivity index (χ1v) is 6.68. The number of hydrogen-bond donors (Lipinski definition) is 1. The summed E-state index contributed by atoms with van der Waals surface area (Å²) in [4.78, 5) is 11.6. The van der Waals surface area contributed by atoms with Gasteiger partial charge in [0.15, 0.2) is 11.5 Å². The lowest BCUT2D eigenvalue weighted by Crippen LogP contribution is -2.42. The molecule has 0 aromatic heterocycles. The third-order valence-corrected chi connectivity index (χ3v) is 4.35. The Morgan fingerprint density at radius 1 is 1.47 bits per heavy atom. The normalized spacial score (nSPS) is 23.2.